The first-order valence-corrected chi connectivity index (χ1v) is 15.1. The number of aryl methyl sites for hydroxylation is 2. The Labute approximate surface area is 249 Å². The van der Waals surface area contributed by atoms with Crippen LogP contribution in [0.5, 0.6) is 5.75 Å². The minimum absolute atomic E-state index is 0.250. The zero-order valence-electron chi connectivity index (χ0n) is 26.4. The molecule has 0 aliphatic carbocycles. The minimum atomic E-state index is -0.310. The Morgan fingerprint density at radius 1 is 0.756 bits per heavy atom. The molecule has 0 radical (unpaired) electrons. The first-order chi connectivity index (χ1) is 19.7. The van der Waals surface area contributed by atoms with E-state index in [2.05, 4.69) is 34.3 Å². The van der Waals surface area contributed by atoms with Gasteiger partial charge in [-0.05, 0) is 62.3 Å². The van der Waals surface area contributed by atoms with Crippen molar-refractivity contribution < 1.29 is 24.2 Å². The van der Waals surface area contributed by atoms with Gasteiger partial charge in [-0.1, -0.05) is 120 Å². The molecule has 5 heteroatoms. The molecule has 0 aliphatic rings. The van der Waals surface area contributed by atoms with Gasteiger partial charge in [-0.15, -0.1) is 0 Å². The molecule has 228 valence electrons. The van der Waals surface area contributed by atoms with Gasteiger partial charge in [0.2, 0.25) is 0 Å². The van der Waals surface area contributed by atoms with Crippen LogP contribution in [0.25, 0.3) is 6.08 Å². The second kappa shape index (κ2) is 24.5. The summed E-state index contributed by atoms with van der Waals surface area (Å²) in [6.07, 6.45) is 13.8. The van der Waals surface area contributed by atoms with Crippen molar-refractivity contribution in [3.63, 3.8) is 0 Å². The predicted molar refractivity (Wildman–Crippen MR) is 172 cm³/mol. The monoisotopic (exact) mass is 566 g/mol. The Morgan fingerprint density at radius 3 is 1.59 bits per heavy atom. The topological polar surface area (TPSA) is 72.8 Å². The van der Waals surface area contributed by atoms with Gasteiger partial charge in [0, 0.05) is 12.2 Å². The molecule has 2 atom stereocenters. The van der Waals surface area contributed by atoms with Crippen LogP contribution in [0, 0.1) is 25.7 Å². The molecule has 2 rings (SSSR count). The Hall–Kier alpha value is -3.34. The highest BCUT2D eigenvalue weighted by atomic mass is 16.5. The molecule has 0 fully saturated rings. The number of carbonyl (C=O) groups excluding carboxylic acids is 2. The van der Waals surface area contributed by atoms with Crippen LogP contribution >= 0.6 is 0 Å². The number of phenols is 1. The van der Waals surface area contributed by atoms with Crippen LogP contribution in [-0.4, -0.2) is 30.3 Å². The average molecular weight is 567 g/mol. The predicted octanol–water partition coefficient (Wildman–Crippen LogP) is 9.40. The molecular weight excluding hydrogens is 512 g/mol. The average Bonchev–Trinajstić information content (AvgIpc) is 2.99. The fourth-order valence-corrected chi connectivity index (χ4v) is 3.69. The quantitative estimate of drug-likeness (QED) is 0.172. The highest BCUT2D eigenvalue weighted by Crippen LogP contribution is 2.14. The van der Waals surface area contributed by atoms with E-state index in [1.54, 1.807) is 18.2 Å². The van der Waals surface area contributed by atoms with Crippen molar-refractivity contribution in [2.75, 3.05) is 13.2 Å². The number of rotatable bonds is 15. The van der Waals surface area contributed by atoms with Gasteiger partial charge < -0.3 is 14.6 Å². The molecular formula is C36H54O5. The van der Waals surface area contributed by atoms with E-state index < -0.39 is 0 Å². The standard InChI is InChI=1S/C18H26O2.C11H20O2.C7H8O/c1-4-6-7-16(5-2)14-20-18(19)13-12-17-10-8-15(3)9-11-17;1-4-7-8-10(5-2)9-13-11(12)6-3;1-6-2-4-7(8)5-3-6/h8-13,16H,4-7,14H2,1-3H3;6,10H,3-5,7-9H2,1-2H3;2-5,8H,1H3/b13-12+;;. The molecule has 5 nitrogen and oxygen atoms in total. The summed E-state index contributed by atoms with van der Waals surface area (Å²) in [4.78, 5) is 22.4. The molecule has 0 heterocycles. The second-order valence-corrected chi connectivity index (χ2v) is 10.4. The number of phenolic OH excluding ortho intramolecular Hbond substituents is 1. The maximum Gasteiger partial charge on any atom is 0.330 e. The van der Waals surface area contributed by atoms with E-state index in [4.69, 9.17) is 14.6 Å². The Morgan fingerprint density at radius 2 is 1.20 bits per heavy atom. The van der Waals surface area contributed by atoms with Crippen LogP contribution in [0.2, 0.25) is 0 Å². The van der Waals surface area contributed by atoms with Crippen molar-refractivity contribution in [3.05, 3.63) is 84.0 Å². The van der Waals surface area contributed by atoms with Crippen LogP contribution in [0.1, 0.15) is 95.8 Å². The number of hydrogen-bond donors (Lipinski definition) is 1. The summed E-state index contributed by atoms with van der Waals surface area (Å²) in [7, 11) is 0. The van der Waals surface area contributed by atoms with Gasteiger partial charge >= 0.3 is 11.9 Å². The molecule has 0 aromatic heterocycles. The van der Waals surface area contributed by atoms with Crippen molar-refractivity contribution in [2.45, 2.75) is 92.9 Å². The third kappa shape index (κ3) is 21.1. The normalized spacial score (nSPS) is 11.8. The summed E-state index contributed by atoms with van der Waals surface area (Å²) in [5.41, 5.74) is 3.40. The number of ether oxygens (including phenoxy) is 2. The number of aromatic hydroxyl groups is 1. The van der Waals surface area contributed by atoms with E-state index in [0.717, 1.165) is 31.2 Å². The number of esters is 2. The molecule has 0 spiro atoms. The van der Waals surface area contributed by atoms with Crippen molar-refractivity contribution in [1.29, 1.82) is 0 Å². The zero-order chi connectivity index (χ0) is 30.9. The maximum atomic E-state index is 11.7. The third-order valence-corrected chi connectivity index (χ3v) is 6.70. The van der Waals surface area contributed by atoms with Gasteiger partial charge in [-0.25, -0.2) is 9.59 Å². The molecule has 2 unspecified atom stereocenters. The second-order valence-electron chi connectivity index (χ2n) is 10.4. The highest BCUT2D eigenvalue weighted by molar-refractivity contribution is 5.87. The third-order valence-electron chi connectivity index (χ3n) is 6.70. The Balaban J connectivity index is 0.000000649. The van der Waals surface area contributed by atoms with Gasteiger partial charge in [-0.3, -0.25) is 0 Å². The van der Waals surface area contributed by atoms with E-state index in [1.807, 2.05) is 50.2 Å². The first-order valence-electron chi connectivity index (χ1n) is 15.1. The molecule has 0 amide bonds. The lowest BCUT2D eigenvalue weighted by Gasteiger charge is -2.13. The van der Waals surface area contributed by atoms with Crippen LogP contribution in [0.3, 0.4) is 0 Å². The van der Waals surface area contributed by atoms with Gasteiger partial charge in [0.15, 0.2) is 0 Å². The molecule has 0 bridgehead atoms. The van der Waals surface area contributed by atoms with Crippen LogP contribution in [-0.2, 0) is 19.1 Å². The maximum absolute atomic E-state index is 11.7. The number of carbonyl (C=O) groups is 2. The van der Waals surface area contributed by atoms with Gasteiger partial charge in [0.1, 0.15) is 5.75 Å². The molecule has 0 aliphatic heterocycles. The van der Waals surface area contributed by atoms with Gasteiger partial charge in [-0.2, -0.15) is 0 Å². The number of unbranched alkanes of at least 4 members (excludes halogenated alkanes) is 2. The molecule has 2 aromatic carbocycles. The van der Waals surface area contributed by atoms with E-state index >= 15 is 0 Å². The Bertz CT molecular complexity index is 955. The summed E-state index contributed by atoms with van der Waals surface area (Å²) in [5.74, 6) is 0.779. The molecule has 0 saturated carbocycles. The SMILES string of the molecule is C=CC(=O)OCC(CC)CCCC.CCCCC(CC)COC(=O)/C=C/c1ccc(C)cc1.Cc1ccc(O)cc1. The summed E-state index contributed by atoms with van der Waals surface area (Å²) >= 11 is 0. The minimum Gasteiger partial charge on any atom is -0.508 e. The smallest absolute Gasteiger partial charge is 0.330 e. The number of hydrogen-bond acceptors (Lipinski definition) is 5. The zero-order valence-corrected chi connectivity index (χ0v) is 26.4. The molecule has 2 aromatic rings. The van der Waals surface area contributed by atoms with Crippen molar-refractivity contribution in [3.8, 4) is 5.75 Å². The van der Waals surface area contributed by atoms with Crippen molar-refractivity contribution in [2.24, 2.45) is 11.8 Å². The first kappa shape index (κ1) is 37.7. The Kier molecular flexibility index (Phi) is 22.5. The van der Waals surface area contributed by atoms with Crippen molar-refractivity contribution in [1.82, 2.24) is 0 Å². The largest absolute Gasteiger partial charge is 0.508 e. The fourth-order valence-electron chi connectivity index (χ4n) is 3.69. The number of benzene rings is 2. The summed E-state index contributed by atoms with van der Waals surface area (Å²) in [5, 5.41) is 8.76. The lowest BCUT2D eigenvalue weighted by molar-refractivity contribution is -0.140. The van der Waals surface area contributed by atoms with E-state index in [0.29, 0.717) is 30.8 Å². The van der Waals surface area contributed by atoms with Crippen LogP contribution < -0.4 is 0 Å². The van der Waals surface area contributed by atoms with Crippen LogP contribution in [0.4, 0.5) is 0 Å². The van der Waals surface area contributed by atoms with E-state index in [9.17, 15) is 9.59 Å². The lowest BCUT2D eigenvalue weighted by Crippen LogP contribution is -2.12. The molecule has 1 N–H and O–H groups in total. The van der Waals surface area contributed by atoms with Crippen molar-refractivity contribution >= 4 is 18.0 Å². The van der Waals surface area contributed by atoms with Crippen LogP contribution in [0.15, 0.2) is 67.3 Å². The summed E-state index contributed by atoms with van der Waals surface area (Å²) < 4.78 is 10.3. The van der Waals surface area contributed by atoms with E-state index in [-0.39, 0.29) is 11.9 Å². The van der Waals surface area contributed by atoms with Gasteiger partial charge in [0.25, 0.3) is 0 Å². The van der Waals surface area contributed by atoms with Gasteiger partial charge in [0.05, 0.1) is 13.2 Å². The van der Waals surface area contributed by atoms with E-state index in [1.165, 1.54) is 49.0 Å². The summed E-state index contributed by atoms with van der Waals surface area (Å²) in [6.45, 7) is 17.1. The fraction of sp³-hybridized carbons (Fsp3) is 0.500. The molecule has 0 saturated heterocycles. The lowest BCUT2D eigenvalue weighted by atomic mass is 10.0. The highest BCUT2D eigenvalue weighted by Gasteiger charge is 2.08. The summed E-state index contributed by atoms with van der Waals surface area (Å²) in [6, 6.07) is 15.1. The molecule has 41 heavy (non-hydrogen) atoms.